The summed E-state index contributed by atoms with van der Waals surface area (Å²) in [5.41, 5.74) is 0.780. The standard InChI is InChI=1S/C15H18N2O2S/c1-15(2,3)17-14(18)19-10-12-9-16-13(20-12)11-7-5-4-6-8-11/h4-9H,10H2,1-3H3,(H,17,18). The number of carbonyl (C=O) groups excluding carboxylic acids is 1. The van der Waals surface area contributed by atoms with Gasteiger partial charge in [-0.25, -0.2) is 9.78 Å². The van der Waals surface area contributed by atoms with E-state index < -0.39 is 6.09 Å². The Hall–Kier alpha value is -1.88. The minimum Gasteiger partial charge on any atom is -0.444 e. The van der Waals surface area contributed by atoms with E-state index in [-0.39, 0.29) is 12.1 Å². The molecule has 4 nitrogen and oxygen atoms in total. The maximum atomic E-state index is 11.6. The molecule has 1 aromatic heterocycles. The number of aromatic nitrogens is 1. The molecule has 106 valence electrons. The number of hydrogen-bond acceptors (Lipinski definition) is 4. The fourth-order valence-electron chi connectivity index (χ4n) is 1.57. The molecule has 1 amide bonds. The summed E-state index contributed by atoms with van der Waals surface area (Å²) in [7, 11) is 0. The Morgan fingerprint density at radius 3 is 2.65 bits per heavy atom. The molecule has 0 aliphatic rings. The van der Waals surface area contributed by atoms with Crippen LogP contribution in [0.5, 0.6) is 0 Å². The Bertz CT molecular complexity index is 573. The van der Waals surface area contributed by atoms with Gasteiger partial charge in [-0.15, -0.1) is 11.3 Å². The Morgan fingerprint density at radius 1 is 1.30 bits per heavy atom. The lowest BCUT2D eigenvalue weighted by molar-refractivity contribution is 0.132. The summed E-state index contributed by atoms with van der Waals surface area (Å²) in [6.45, 7) is 5.98. The van der Waals surface area contributed by atoms with Gasteiger partial charge < -0.3 is 10.1 Å². The van der Waals surface area contributed by atoms with Crippen LogP contribution in [0.4, 0.5) is 4.79 Å². The summed E-state index contributed by atoms with van der Waals surface area (Å²) in [4.78, 5) is 16.8. The van der Waals surface area contributed by atoms with E-state index in [4.69, 9.17) is 4.74 Å². The lowest BCUT2D eigenvalue weighted by Crippen LogP contribution is -2.40. The van der Waals surface area contributed by atoms with Gasteiger partial charge in [0.2, 0.25) is 0 Å². The number of nitrogens with one attached hydrogen (secondary N) is 1. The number of carbonyl (C=O) groups is 1. The lowest BCUT2D eigenvalue weighted by Gasteiger charge is -2.19. The first kappa shape index (κ1) is 14.5. The number of ether oxygens (including phenoxy) is 1. The molecule has 1 heterocycles. The Labute approximate surface area is 122 Å². The van der Waals surface area contributed by atoms with Crippen LogP contribution in [-0.2, 0) is 11.3 Å². The Kier molecular flexibility index (Phi) is 4.39. The zero-order chi connectivity index (χ0) is 14.6. The van der Waals surface area contributed by atoms with Gasteiger partial charge in [0, 0.05) is 17.3 Å². The van der Waals surface area contributed by atoms with Gasteiger partial charge in [0.1, 0.15) is 11.6 Å². The molecule has 0 saturated carbocycles. The van der Waals surface area contributed by atoms with Gasteiger partial charge in [0.05, 0.1) is 4.88 Å². The van der Waals surface area contributed by atoms with Crippen molar-refractivity contribution in [3.8, 4) is 10.6 Å². The number of thiazole rings is 1. The van der Waals surface area contributed by atoms with Gasteiger partial charge in [-0.2, -0.15) is 0 Å². The van der Waals surface area contributed by atoms with Crippen LogP contribution in [0.15, 0.2) is 36.5 Å². The molecule has 1 aromatic carbocycles. The molecule has 20 heavy (non-hydrogen) atoms. The van der Waals surface area contributed by atoms with Gasteiger partial charge in [0.15, 0.2) is 0 Å². The zero-order valence-electron chi connectivity index (χ0n) is 11.8. The van der Waals surface area contributed by atoms with Crippen molar-refractivity contribution in [1.82, 2.24) is 10.3 Å². The van der Waals surface area contributed by atoms with E-state index >= 15 is 0 Å². The van der Waals surface area contributed by atoms with E-state index in [1.165, 1.54) is 11.3 Å². The fraction of sp³-hybridized carbons (Fsp3) is 0.333. The molecule has 1 N–H and O–H groups in total. The van der Waals surface area contributed by atoms with E-state index in [0.29, 0.717) is 0 Å². The van der Waals surface area contributed by atoms with Crippen LogP contribution in [0.3, 0.4) is 0 Å². The van der Waals surface area contributed by atoms with E-state index in [1.54, 1.807) is 6.20 Å². The Balaban J connectivity index is 1.92. The first-order valence-corrected chi connectivity index (χ1v) is 7.21. The molecular weight excluding hydrogens is 272 g/mol. The van der Waals surface area contributed by atoms with E-state index in [1.807, 2.05) is 51.1 Å². The van der Waals surface area contributed by atoms with Crippen LogP contribution < -0.4 is 5.32 Å². The molecule has 0 aliphatic carbocycles. The van der Waals surface area contributed by atoms with Gasteiger partial charge in [-0.3, -0.25) is 0 Å². The fourth-order valence-corrected chi connectivity index (χ4v) is 2.40. The van der Waals surface area contributed by atoms with E-state index in [2.05, 4.69) is 10.3 Å². The lowest BCUT2D eigenvalue weighted by atomic mass is 10.1. The van der Waals surface area contributed by atoms with Crippen LogP contribution in [0, 0.1) is 0 Å². The second kappa shape index (κ2) is 6.05. The molecule has 0 radical (unpaired) electrons. The zero-order valence-corrected chi connectivity index (χ0v) is 12.7. The van der Waals surface area contributed by atoms with E-state index in [9.17, 15) is 4.79 Å². The summed E-state index contributed by atoms with van der Waals surface area (Å²) in [5.74, 6) is 0. The first-order valence-electron chi connectivity index (χ1n) is 6.39. The average molecular weight is 290 g/mol. The van der Waals surface area contributed by atoms with Crippen molar-refractivity contribution in [2.45, 2.75) is 32.9 Å². The normalized spacial score (nSPS) is 11.2. The van der Waals surface area contributed by atoms with Crippen molar-refractivity contribution < 1.29 is 9.53 Å². The highest BCUT2D eigenvalue weighted by molar-refractivity contribution is 7.15. The third-order valence-corrected chi connectivity index (χ3v) is 3.42. The molecule has 0 unspecified atom stereocenters. The van der Waals surface area contributed by atoms with Crippen LogP contribution in [0.1, 0.15) is 25.6 Å². The van der Waals surface area contributed by atoms with Crippen LogP contribution in [0.25, 0.3) is 10.6 Å². The SMILES string of the molecule is CC(C)(C)NC(=O)OCc1cnc(-c2ccccc2)s1. The van der Waals surface area contributed by atoms with Gasteiger partial charge in [-0.1, -0.05) is 30.3 Å². The van der Waals surface area contributed by atoms with Gasteiger partial charge in [-0.05, 0) is 20.8 Å². The number of rotatable bonds is 3. The number of nitrogens with zero attached hydrogens (tertiary/aromatic N) is 1. The predicted octanol–water partition coefficient (Wildman–Crippen LogP) is 3.83. The minimum absolute atomic E-state index is 0.242. The first-order chi connectivity index (χ1) is 9.44. The van der Waals surface area contributed by atoms with Crippen LogP contribution in [0.2, 0.25) is 0 Å². The number of alkyl carbamates (subject to hydrolysis) is 1. The molecule has 0 saturated heterocycles. The predicted molar refractivity (Wildman–Crippen MR) is 80.6 cm³/mol. The van der Waals surface area contributed by atoms with Crippen molar-refractivity contribution in [1.29, 1.82) is 0 Å². The summed E-state index contributed by atoms with van der Waals surface area (Å²) in [6, 6.07) is 9.94. The largest absolute Gasteiger partial charge is 0.444 e. The molecule has 2 aromatic rings. The van der Waals surface area contributed by atoms with Gasteiger partial charge in [0.25, 0.3) is 0 Å². The molecule has 0 fully saturated rings. The number of benzene rings is 1. The highest BCUT2D eigenvalue weighted by Crippen LogP contribution is 2.25. The summed E-state index contributed by atoms with van der Waals surface area (Å²) < 4.78 is 5.17. The summed E-state index contributed by atoms with van der Waals surface area (Å²) in [5, 5.41) is 3.68. The van der Waals surface area contributed by atoms with Crippen molar-refractivity contribution >= 4 is 17.4 Å². The quantitative estimate of drug-likeness (QED) is 0.934. The highest BCUT2D eigenvalue weighted by Gasteiger charge is 2.15. The van der Waals surface area contributed by atoms with Crippen molar-refractivity contribution in [2.75, 3.05) is 0 Å². The summed E-state index contributed by atoms with van der Waals surface area (Å²) >= 11 is 1.53. The van der Waals surface area contributed by atoms with Crippen LogP contribution >= 0.6 is 11.3 Å². The summed E-state index contributed by atoms with van der Waals surface area (Å²) in [6.07, 6.45) is 1.34. The third kappa shape index (κ3) is 4.35. The third-order valence-electron chi connectivity index (χ3n) is 2.40. The second-order valence-corrected chi connectivity index (χ2v) is 6.56. The molecule has 0 spiro atoms. The van der Waals surface area contributed by atoms with Gasteiger partial charge >= 0.3 is 6.09 Å². The topological polar surface area (TPSA) is 51.2 Å². The van der Waals surface area contributed by atoms with Crippen molar-refractivity contribution in [2.24, 2.45) is 0 Å². The van der Waals surface area contributed by atoms with Crippen molar-refractivity contribution in [3.63, 3.8) is 0 Å². The molecule has 0 aliphatic heterocycles. The maximum absolute atomic E-state index is 11.6. The molecule has 5 heteroatoms. The molecular formula is C15H18N2O2S. The average Bonchev–Trinajstić information content (AvgIpc) is 2.84. The Morgan fingerprint density at radius 2 is 2.00 bits per heavy atom. The number of amides is 1. The number of hydrogen-bond donors (Lipinski definition) is 1. The molecule has 2 rings (SSSR count). The molecule has 0 atom stereocenters. The smallest absolute Gasteiger partial charge is 0.407 e. The van der Waals surface area contributed by atoms with E-state index in [0.717, 1.165) is 15.4 Å². The highest BCUT2D eigenvalue weighted by atomic mass is 32.1. The maximum Gasteiger partial charge on any atom is 0.407 e. The second-order valence-electron chi connectivity index (χ2n) is 5.45. The molecule has 0 bridgehead atoms. The monoisotopic (exact) mass is 290 g/mol. The minimum atomic E-state index is -0.410. The van der Waals surface area contributed by atoms with Crippen molar-refractivity contribution in [3.05, 3.63) is 41.4 Å². The van der Waals surface area contributed by atoms with Crippen LogP contribution in [-0.4, -0.2) is 16.6 Å².